The molecule has 0 unspecified atom stereocenters. The molecule has 3 rings (SSSR count). The fourth-order valence-electron chi connectivity index (χ4n) is 2.29. The number of carbonyl (C=O) groups is 2. The van der Waals surface area contributed by atoms with Crippen LogP contribution in [0.15, 0.2) is 52.1 Å². The SMILES string of the molecule is CCNC(=O)NC(=O)[C@H](C)Sc1nc(-c2ccco2)nc2ccccc12. The first-order valence-electron chi connectivity index (χ1n) is 8.14. The Hall–Kier alpha value is -2.87. The van der Waals surface area contributed by atoms with Crippen molar-refractivity contribution in [2.24, 2.45) is 0 Å². The van der Waals surface area contributed by atoms with Crippen LogP contribution in [0.5, 0.6) is 0 Å². The molecule has 2 N–H and O–H groups in total. The van der Waals surface area contributed by atoms with Crippen LogP contribution in [0.2, 0.25) is 0 Å². The van der Waals surface area contributed by atoms with Crippen LogP contribution in [0.1, 0.15) is 13.8 Å². The molecular formula is C18H18N4O3S. The van der Waals surface area contributed by atoms with E-state index in [1.54, 1.807) is 32.2 Å². The summed E-state index contributed by atoms with van der Waals surface area (Å²) in [5, 5.41) is 5.83. The van der Waals surface area contributed by atoms with Gasteiger partial charge < -0.3 is 9.73 Å². The molecule has 3 amide bonds. The highest BCUT2D eigenvalue weighted by molar-refractivity contribution is 8.00. The molecule has 1 aromatic carbocycles. The zero-order valence-electron chi connectivity index (χ0n) is 14.4. The average Bonchev–Trinajstić information content (AvgIpc) is 3.16. The van der Waals surface area contributed by atoms with E-state index in [0.29, 0.717) is 23.2 Å². The Labute approximate surface area is 154 Å². The normalized spacial score (nSPS) is 11.9. The van der Waals surface area contributed by atoms with Gasteiger partial charge in [-0.1, -0.05) is 30.0 Å². The van der Waals surface area contributed by atoms with Crippen molar-refractivity contribution in [3.05, 3.63) is 42.7 Å². The van der Waals surface area contributed by atoms with Crippen molar-refractivity contribution < 1.29 is 14.0 Å². The summed E-state index contributed by atoms with van der Waals surface area (Å²) in [6.45, 7) is 3.96. The molecule has 0 saturated heterocycles. The first-order chi connectivity index (χ1) is 12.6. The number of aromatic nitrogens is 2. The predicted molar refractivity (Wildman–Crippen MR) is 99.8 cm³/mol. The van der Waals surface area contributed by atoms with Crippen LogP contribution in [-0.4, -0.2) is 33.7 Å². The van der Waals surface area contributed by atoms with E-state index in [1.165, 1.54) is 11.8 Å². The molecule has 26 heavy (non-hydrogen) atoms. The molecule has 0 aliphatic rings. The average molecular weight is 370 g/mol. The number of rotatable bonds is 5. The summed E-state index contributed by atoms with van der Waals surface area (Å²) in [4.78, 5) is 32.8. The second-order valence-electron chi connectivity index (χ2n) is 5.46. The third-order valence-electron chi connectivity index (χ3n) is 3.54. The summed E-state index contributed by atoms with van der Waals surface area (Å²) < 4.78 is 5.39. The molecule has 3 aromatic rings. The van der Waals surface area contributed by atoms with E-state index in [9.17, 15) is 9.59 Å². The molecule has 0 radical (unpaired) electrons. The molecule has 0 aliphatic carbocycles. The molecule has 2 aromatic heterocycles. The van der Waals surface area contributed by atoms with E-state index in [2.05, 4.69) is 20.6 Å². The lowest BCUT2D eigenvalue weighted by Gasteiger charge is -2.13. The quantitative estimate of drug-likeness (QED) is 0.529. The van der Waals surface area contributed by atoms with Gasteiger partial charge in [0, 0.05) is 11.9 Å². The molecule has 1 atom stereocenters. The van der Waals surface area contributed by atoms with Crippen molar-refractivity contribution in [2.45, 2.75) is 24.1 Å². The highest BCUT2D eigenvalue weighted by Gasteiger charge is 2.20. The van der Waals surface area contributed by atoms with Gasteiger partial charge in [0.2, 0.25) is 5.91 Å². The van der Waals surface area contributed by atoms with Crippen LogP contribution in [-0.2, 0) is 4.79 Å². The number of hydrogen-bond acceptors (Lipinski definition) is 6. The highest BCUT2D eigenvalue weighted by Crippen LogP contribution is 2.31. The van der Waals surface area contributed by atoms with Crippen LogP contribution in [0.4, 0.5) is 4.79 Å². The van der Waals surface area contributed by atoms with Crippen LogP contribution in [0.25, 0.3) is 22.5 Å². The summed E-state index contributed by atoms with van der Waals surface area (Å²) in [6, 6.07) is 10.6. The minimum atomic E-state index is -0.514. The molecule has 7 nitrogen and oxygen atoms in total. The number of para-hydroxylation sites is 1. The molecule has 134 valence electrons. The first-order valence-corrected chi connectivity index (χ1v) is 9.02. The van der Waals surface area contributed by atoms with Gasteiger partial charge in [-0.15, -0.1) is 0 Å². The van der Waals surface area contributed by atoms with E-state index >= 15 is 0 Å². The van der Waals surface area contributed by atoms with Gasteiger partial charge in [0.05, 0.1) is 17.0 Å². The van der Waals surface area contributed by atoms with Gasteiger partial charge in [-0.25, -0.2) is 14.8 Å². The maximum absolute atomic E-state index is 12.2. The van der Waals surface area contributed by atoms with Crippen molar-refractivity contribution >= 4 is 34.6 Å². The minimum Gasteiger partial charge on any atom is -0.461 e. The van der Waals surface area contributed by atoms with Crippen LogP contribution in [0.3, 0.4) is 0 Å². The van der Waals surface area contributed by atoms with Crippen LogP contribution in [0, 0.1) is 0 Å². The maximum Gasteiger partial charge on any atom is 0.321 e. The molecule has 0 saturated carbocycles. The van der Waals surface area contributed by atoms with Gasteiger partial charge >= 0.3 is 6.03 Å². The zero-order valence-corrected chi connectivity index (χ0v) is 15.2. The number of nitrogens with zero attached hydrogens (tertiary/aromatic N) is 2. The third-order valence-corrected chi connectivity index (χ3v) is 4.64. The largest absolute Gasteiger partial charge is 0.461 e. The second kappa shape index (κ2) is 8.01. The Morgan fingerprint density at radius 3 is 2.73 bits per heavy atom. The Balaban J connectivity index is 1.89. The Bertz CT molecular complexity index is 927. The number of thioether (sulfide) groups is 1. The van der Waals surface area contributed by atoms with Gasteiger partial charge in [0.1, 0.15) is 5.03 Å². The molecule has 0 bridgehead atoms. The standard InChI is InChI=1S/C18H18N4O3S/c1-3-19-18(24)22-16(23)11(2)26-17-12-7-4-5-8-13(12)20-15(21-17)14-9-6-10-25-14/h4-11H,3H2,1-2H3,(H2,19,22,23,24)/t11-/m0/s1. The number of imide groups is 1. The van der Waals surface area contributed by atoms with Gasteiger partial charge in [-0.3, -0.25) is 10.1 Å². The number of fused-ring (bicyclic) bond motifs is 1. The summed E-state index contributed by atoms with van der Waals surface area (Å²) in [5.41, 5.74) is 0.757. The lowest BCUT2D eigenvalue weighted by molar-refractivity contribution is -0.119. The lowest BCUT2D eigenvalue weighted by atomic mass is 10.2. The molecule has 0 fully saturated rings. The minimum absolute atomic E-state index is 0.386. The maximum atomic E-state index is 12.2. The lowest BCUT2D eigenvalue weighted by Crippen LogP contribution is -2.42. The second-order valence-corrected chi connectivity index (χ2v) is 6.79. The van der Waals surface area contributed by atoms with Gasteiger partial charge in [0.25, 0.3) is 0 Å². The monoisotopic (exact) mass is 370 g/mol. The zero-order chi connectivity index (χ0) is 18.5. The van der Waals surface area contributed by atoms with E-state index < -0.39 is 11.3 Å². The fourth-order valence-corrected chi connectivity index (χ4v) is 3.23. The van der Waals surface area contributed by atoms with Crippen molar-refractivity contribution in [2.75, 3.05) is 6.54 Å². The van der Waals surface area contributed by atoms with E-state index in [4.69, 9.17) is 4.42 Å². The van der Waals surface area contributed by atoms with Gasteiger partial charge in [-0.05, 0) is 32.0 Å². The van der Waals surface area contributed by atoms with Crippen molar-refractivity contribution in [3.63, 3.8) is 0 Å². The van der Waals surface area contributed by atoms with Crippen LogP contribution < -0.4 is 10.6 Å². The van der Waals surface area contributed by atoms with Crippen molar-refractivity contribution in [1.29, 1.82) is 0 Å². The summed E-state index contributed by atoms with van der Waals surface area (Å²) in [7, 11) is 0. The number of nitrogens with one attached hydrogen (secondary N) is 2. The summed E-state index contributed by atoms with van der Waals surface area (Å²) in [6.07, 6.45) is 1.56. The number of furan rings is 1. The van der Waals surface area contributed by atoms with E-state index in [0.717, 1.165) is 10.9 Å². The number of urea groups is 1. The molecule has 0 spiro atoms. The van der Waals surface area contributed by atoms with Gasteiger partial charge in [-0.2, -0.15) is 0 Å². The predicted octanol–water partition coefficient (Wildman–Crippen LogP) is 3.22. The third kappa shape index (κ3) is 4.02. The number of amides is 3. The molecular weight excluding hydrogens is 352 g/mol. The fraction of sp³-hybridized carbons (Fsp3) is 0.222. The van der Waals surface area contributed by atoms with E-state index in [-0.39, 0.29) is 5.91 Å². The van der Waals surface area contributed by atoms with Crippen molar-refractivity contribution in [1.82, 2.24) is 20.6 Å². The number of carbonyl (C=O) groups excluding carboxylic acids is 2. The Kier molecular flexibility index (Phi) is 5.52. The highest BCUT2D eigenvalue weighted by atomic mass is 32.2. The number of benzene rings is 1. The van der Waals surface area contributed by atoms with Crippen molar-refractivity contribution in [3.8, 4) is 11.6 Å². The summed E-state index contributed by atoms with van der Waals surface area (Å²) >= 11 is 1.27. The van der Waals surface area contributed by atoms with E-state index in [1.807, 2.05) is 24.3 Å². The Morgan fingerprint density at radius 2 is 2.00 bits per heavy atom. The first kappa shape index (κ1) is 17.9. The molecule has 8 heteroatoms. The Morgan fingerprint density at radius 1 is 1.19 bits per heavy atom. The molecule has 0 aliphatic heterocycles. The summed E-state index contributed by atoms with van der Waals surface area (Å²) in [5.74, 6) is 0.618. The molecule has 2 heterocycles. The smallest absolute Gasteiger partial charge is 0.321 e. The number of hydrogen-bond donors (Lipinski definition) is 2. The van der Waals surface area contributed by atoms with Gasteiger partial charge in [0.15, 0.2) is 11.6 Å². The topological polar surface area (TPSA) is 97.1 Å². The van der Waals surface area contributed by atoms with Crippen LogP contribution >= 0.6 is 11.8 Å².